The van der Waals surface area contributed by atoms with Gasteiger partial charge >= 0.3 is 0 Å². The quantitative estimate of drug-likeness (QED) is 0.678. The van der Waals surface area contributed by atoms with Crippen LogP contribution in [0.2, 0.25) is 0 Å². The molecule has 4 heteroatoms. The smallest absolute Gasteiger partial charge is 0.139 e. The molecule has 0 saturated carbocycles. The van der Waals surface area contributed by atoms with E-state index in [2.05, 4.69) is 20.9 Å². The maximum atomic E-state index is 13.0. The highest BCUT2D eigenvalue weighted by atomic mass is 79.9. The minimum absolute atomic E-state index is 0.277. The van der Waals surface area contributed by atoms with Crippen LogP contribution in [0.15, 0.2) is 22.9 Å². The molecule has 0 spiro atoms. The summed E-state index contributed by atoms with van der Waals surface area (Å²) >= 11 is 3.14. The van der Waals surface area contributed by atoms with E-state index in [0.29, 0.717) is 9.99 Å². The highest BCUT2D eigenvalue weighted by Crippen LogP contribution is 2.24. The molecule has 0 amide bonds. The van der Waals surface area contributed by atoms with Crippen LogP contribution in [0, 0.1) is 5.82 Å². The molecule has 0 aliphatic heterocycles. The Hall–Kier alpha value is -0.900. The molecular weight excluding hydrogens is 223 g/mol. The van der Waals surface area contributed by atoms with E-state index in [9.17, 15) is 4.39 Å². The lowest BCUT2D eigenvalue weighted by Gasteiger charge is -1.96. The van der Waals surface area contributed by atoms with E-state index in [4.69, 9.17) is 0 Å². The topological polar surface area (TPSA) is 17.8 Å². The Morgan fingerprint density at radius 2 is 2.25 bits per heavy atom. The number of rotatable bonds is 0. The molecule has 1 heterocycles. The first-order valence-electron chi connectivity index (χ1n) is 3.45. The maximum Gasteiger partial charge on any atom is 0.139 e. The Morgan fingerprint density at radius 3 is 3.00 bits per heavy atom. The Labute approximate surface area is 77.1 Å². The fourth-order valence-corrected chi connectivity index (χ4v) is 1.58. The van der Waals surface area contributed by atoms with Gasteiger partial charge in [-0.15, -0.1) is 0 Å². The van der Waals surface area contributed by atoms with Gasteiger partial charge in [0.1, 0.15) is 11.3 Å². The number of aromatic nitrogens is 2. The Bertz CT molecular complexity index is 436. The van der Waals surface area contributed by atoms with Crippen molar-refractivity contribution in [3.63, 3.8) is 0 Å². The van der Waals surface area contributed by atoms with Crippen LogP contribution in [0.3, 0.4) is 0 Å². The summed E-state index contributed by atoms with van der Waals surface area (Å²) in [5.41, 5.74) is 1.58. The number of hydrogen-bond donors (Lipinski definition) is 0. The fourth-order valence-electron chi connectivity index (χ4n) is 1.14. The van der Waals surface area contributed by atoms with Crippen molar-refractivity contribution in [3.05, 3.63) is 28.7 Å². The van der Waals surface area contributed by atoms with E-state index in [1.807, 2.05) is 11.6 Å². The lowest BCUT2D eigenvalue weighted by Crippen LogP contribution is -1.84. The molecule has 0 aliphatic carbocycles. The number of fused-ring (bicyclic) bond motifs is 1. The number of imidazole rings is 1. The average molecular weight is 229 g/mol. The van der Waals surface area contributed by atoms with Crippen molar-refractivity contribution < 1.29 is 4.39 Å². The van der Waals surface area contributed by atoms with Crippen molar-refractivity contribution in [1.29, 1.82) is 0 Å². The van der Waals surface area contributed by atoms with Crippen molar-refractivity contribution in [2.75, 3.05) is 0 Å². The second-order valence-corrected chi connectivity index (χ2v) is 3.38. The van der Waals surface area contributed by atoms with Crippen LogP contribution in [0.1, 0.15) is 0 Å². The van der Waals surface area contributed by atoms with Crippen molar-refractivity contribution in [3.8, 4) is 0 Å². The summed E-state index contributed by atoms with van der Waals surface area (Å²) in [5.74, 6) is -0.277. The molecule has 0 radical (unpaired) electrons. The Morgan fingerprint density at radius 1 is 1.50 bits per heavy atom. The summed E-state index contributed by atoms with van der Waals surface area (Å²) in [5, 5.41) is 0. The molecule has 2 nitrogen and oxygen atoms in total. The summed E-state index contributed by atoms with van der Waals surface area (Å²) in [4.78, 5) is 4.05. The molecule has 2 rings (SSSR count). The van der Waals surface area contributed by atoms with E-state index in [1.165, 1.54) is 6.07 Å². The predicted octanol–water partition coefficient (Wildman–Crippen LogP) is 2.47. The van der Waals surface area contributed by atoms with Gasteiger partial charge in [-0.2, -0.15) is 0 Å². The van der Waals surface area contributed by atoms with Crippen molar-refractivity contribution >= 4 is 27.0 Å². The third-order valence-electron chi connectivity index (χ3n) is 1.79. The highest BCUT2D eigenvalue weighted by molar-refractivity contribution is 9.10. The third kappa shape index (κ3) is 0.948. The molecular formula is C8H6BrFN2. The van der Waals surface area contributed by atoms with Crippen LogP contribution >= 0.6 is 15.9 Å². The summed E-state index contributed by atoms with van der Waals surface area (Å²) in [6.07, 6.45) is 1.66. The van der Waals surface area contributed by atoms with Crippen molar-refractivity contribution in [2.24, 2.45) is 7.05 Å². The van der Waals surface area contributed by atoms with Crippen molar-refractivity contribution in [2.45, 2.75) is 0 Å². The highest BCUT2D eigenvalue weighted by Gasteiger charge is 2.07. The lowest BCUT2D eigenvalue weighted by atomic mass is 10.3. The summed E-state index contributed by atoms with van der Waals surface area (Å²) in [6, 6.07) is 3.14. The fraction of sp³-hybridized carbons (Fsp3) is 0.125. The first kappa shape index (κ1) is 7.73. The average Bonchev–Trinajstić information content (AvgIpc) is 2.41. The van der Waals surface area contributed by atoms with Gasteiger partial charge in [0.15, 0.2) is 0 Å². The molecule has 1 aromatic heterocycles. The van der Waals surface area contributed by atoms with Crippen LogP contribution < -0.4 is 0 Å². The van der Waals surface area contributed by atoms with Gasteiger partial charge in [-0.25, -0.2) is 9.37 Å². The Balaban J connectivity index is 2.93. The lowest BCUT2D eigenvalue weighted by molar-refractivity contribution is 0.623. The van der Waals surface area contributed by atoms with Gasteiger partial charge in [0.25, 0.3) is 0 Å². The minimum Gasteiger partial charge on any atom is -0.334 e. The van der Waals surface area contributed by atoms with E-state index in [-0.39, 0.29) is 5.82 Å². The van der Waals surface area contributed by atoms with Gasteiger partial charge in [-0.1, -0.05) is 0 Å². The molecule has 0 N–H and O–H groups in total. The van der Waals surface area contributed by atoms with Gasteiger partial charge in [0.2, 0.25) is 0 Å². The van der Waals surface area contributed by atoms with Gasteiger partial charge in [-0.3, -0.25) is 0 Å². The molecule has 1 aromatic carbocycles. The van der Waals surface area contributed by atoms with E-state index >= 15 is 0 Å². The molecule has 0 atom stereocenters. The molecule has 0 bridgehead atoms. The zero-order valence-electron chi connectivity index (χ0n) is 6.38. The van der Waals surface area contributed by atoms with Gasteiger partial charge in [-0.05, 0) is 28.1 Å². The number of nitrogens with zero attached hydrogens (tertiary/aromatic N) is 2. The monoisotopic (exact) mass is 228 g/mol. The first-order valence-corrected chi connectivity index (χ1v) is 4.24. The molecule has 12 heavy (non-hydrogen) atoms. The Kier molecular flexibility index (Phi) is 1.65. The van der Waals surface area contributed by atoms with Crippen LogP contribution in [0.25, 0.3) is 11.0 Å². The standard InChI is InChI=1S/C8H6BrFN2/c1-12-4-11-8-6(12)3-2-5(10)7(8)9/h2-4H,1H3. The molecule has 2 aromatic rings. The minimum atomic E-state index is -0.277. The number of aryl methyl sites for hydroxylation is 1. The second kappa shape index (κ2) is 2.55. The first-order chi connectivity index (χ1) is 5.70. The summed E-state index contributed by atoms with van der Waals surface area (Å²) in [6.45, 7) is 0. The maximum absolute atomic E-state index is 13.0. The molecule has 0 saturated heterocycles. The largest absolute Gasteiger partial charge is 0.334 e. The summed E-state index contributed by atoms with van der Waals surface area (Å²) < 4.78 is 15.2. The number of benzene rings is 1. The molecule has 0 fully saturated rings. The van der Waals surface area contributed by atoms with Crippen LogP contribution in [-0.2, 0) is 7.05 Å². The molecule has 0 unspecified atom stereocenters. The normalized spacial score (nSPS) is 10.9. The van der Waals surface area contributed by atoms with Crippen molar-refractivity contribution in [1.82, 2.24) is 9.55 Å². The van der Waals surface area contributed by atoms with Gasteiger partial charge in [0, 0.05) is 7.05 Å². The SMILES string of the molecule is Cn1cnc2c(Br)c(F)ccc21. The van der Waals surface area contributed by atoms with Gasteiger partial charge < -0.3 is 4.57 Å². The van der Waals surface area contributed by atoms with E-state index in [1.54, 1.807) is 12.4 Å². The van der Waals surface area contributed by atoms with Crippen LogP contribution in [0.4, 0.5) is 4.39 Å². The second-order valence-electron chi connectivity index (χ2n) is 2.58. The van der Waals surface area contributed by atoms with E-state index in [0.717, 1.165) is 5.52 Å². The van der Waals surface area contributed by atoms with E-state index < -0.39 is 0 Å². The third-order valence-corrected chi connectivity index (χ3v) is 2.54. The number of halogens is 2. The summed E-state index contributed by atoms with van der Waals surface area (Å²) in [7, 11) is 1.87. The number of hydrogen-bond acceptors (Lipinski definition) is 1. The van der Waals surface area contributed by atoms with Crippen LogP contribution in [0.5, 0.6) is 0 Å². The molecule has 0 aliphatic rings. The predicted molar refractivity (Wildman–Crippen MR) is 48.4 cm³/mol. The van der Waals surface area contributed by atoms with Crippen LogP contribution in [-0.4, -0.2) is 9.55 Å². The molecule has 62 valence electrons. The van der Waals surface area contributed by atoms with Gasteiger partial charge in [0.05, 0.1) is 16.3 Å². The zero-order chi connectivity index (χ0) is 8.72. The zero-order valence-corrected chi connectivity index (χ0v) is 7.97.